The summed E-state index contributed by atoms with van der Waals surface area (Å²) in [4.78, 5) is 11.7. The number of hydrogen-bond acceptors (Lipinski definition) is 2. The number of rotatable bonds is 2. The molecule has 0 N–H and O–H groups in total. The van der Waals surface area contributed by atoms with Crippen LogP contribution < -0.4 is 0 Å². The van der Waals surface area contributed by atoms with Crippen LogP contribution in [-0.4, -0.2) is 11.6 Å². The summed E-state index contributed by atoms with van der Waals surface area (Å²) in [6, 6.07) is 9.83. The first-order valence-corrected chi connectivity index (χ1v) is 5.76. The van der Waals surface area contributed by atoms with Crippen LogP contribution in [0.15, 0.2) is 48.1 Å². The fourth-order valence-corrected chi connectivity index (χ4v) is 2.07. The maximum Gasteiger partial charge on any atom is 0.335 e. The molecule has 1 unspecified atom stereocenters. The Kier molecular flexibility index (Phi) is 3.14. The monoisotopic (exact) mass is 228 g/mol. The van der Waals surface area contributed by atoms with Gasteiger partial charge in [0.05, 0.1) is 0 Å². The predicted octanol–water partition coefficient (Wildman–Crippen LogP) is 3.35. The summed E-state index contributed by atoms with van der Waals surface area (Å²) in [6.07, 6.45) is 6.37. The molecule has 1 saturated heterocycles. The molecule has 1 heterocycles. The molecule has 0 radical (unpaired) electrons. The van der Waals surface area contributed by atoms with Gasteiger partial charge in [-0.3, -0.25) is 0 Å². The largest absolute Gasteiger partial charge is 0.451 e. The quantitative estimate of drug-likeness (QED) is 0.441. The molecule has 1 aliphatic heterocycles. The van der Waals surface area contributed by atoms with Crippen LogP contribution in [0.5, 0.6) is 0 Å². The highest BCUT2D eigenvalue weighted by molar-refractivity contribution is 5.96. The minimum Gasteiger partial charge on any atom is -0.451 e. The topological polar surface area (TPSA) is 26.3 Å². The van der Waals surface area contributed by atoms with Crippen molar-refractivity contribution in [2.45, 2.75) is 25.9 Å². The van der Waals surface area contributed by atoms with E-state index in [1.165, 1.54) is 0 Å². The molecule has 2 heteroatoms. The predicted molar refractivity (Wildman–Crippen MR) is 68.3 cm³/mol. The standard InChI is InChI=1S/C15H16O2/c1-3-9-15(2)11-13(14(16)17-15)10-12-7-5-4-6-8-12/h3-10H,11H2,1-2H3/b9-3+,13-10-. The Morgan fingerprint density at radius 2 is 2.00 bits per heavy atom. The molecule has 0 spiro atoms. The van der Waals surface area contributed by atoms with Crippen molar-refractivity contribution in [3.05, 3.63) is 53.6 Å². The Bertz CT molecular complexity index is 471. The summed E-state index contributed by atoms with van der Waals surface area (Å²) in [5.41, 5.74) is 1.29. The van der Waals surface area contributed by atoms with Gasteiger partial charge in [0.15, 0.2) is 0 Å². The molecule has 1 fully saturated rings. The molecule has 1 aromatic rings. The lowest BCUT2D eigenvalue weighted by atomic mass is 9.98. The third kappa shape index (κ3) is 2.64. The lowest BCUT2D eigenvalue weighted by Crippen LogP contribution is -2.19. The van der Waals surface area contributed by atoms with Crippen LogP contribution >= 0.6 is 0 Å². The number of esters is 1. The van der Waals surface area contributed by atoms with Gasteiger partial charge in [0.25, 0.3) is 0 Å². The van der Waals surface area contributed by atoms with E-state index >= 15 is 0 Å². The zero-order chi connectivity index (χ0) is 12.3. The lowest BCUT2D eigenvalue weighted by Gasteiger charge is -2.16. The molecule has 0 saturated carbocycles. The van der Waals surface area contributed by atoms with E-state index in [1.807, 2.05) is 62.4 Å². The summed E-state index contributed by atoms with van der Waals surface area (Å²) < 4.78 is 5.38. The van der Waals surface area contributed by atoms with Crippen LogP contribution in [0.3, 0.4) is 0 Å². The number of allylic oxidation sites excluding steroid dienone is 1. The Morgan fingerprint density at radius 3 is 2.65 bits per heavy atom. The highest BCUT2D eigenvalue weighted by Gasteiger charge is 2.37. The number of hydrogen-bond donors (Lipinski definition) is 0. The summed E-state index contributed by atoms with van der Waals surface area (Å²) in [7, 11) is 0. The number of ether oxygens (including phenoxy) is 1. The third-order valence-corrected chi connectivity index (χ3v) is 2.79. The molecule has 0 amide bonds. The van der Waals surface area contributed by atoms with Crippen LogP contribution in [-0.2, 0) is 9.53 Å². The minimum atomic E-state index is -0.480. The maximum absolute atomic E-state index is 11.7. The van der Waals surface area contributed by atoms with Crippen molar-refractivity contribution in [1.29, 1.82) is 0 Å². The van der Waals surface area contributed by atoms with Gasteiger partial charge in [0.2, 0.25) is 0 Å². The van der Waals surface area contributed by atoms with Gasteiger partial charge in [-0.1, -0.05) is 36.4 Å². The SMILES string of the molecule is C/C=C/C1(C)C/C(=C/c2ccccc2)C(=O)O1. The van der Waals surface area contributed by atoms with Crippen LogP contribution in [0, 0.1) is 0 Å². The van der Waals surface area contributed by atoms with Gasteiger partial charge in [-0.05, 0) is 31.6 Å². The Morgan fingerprint density at radius 1 is 1.29 bits per heavy atom. The van der Waals surface area contributed by atoms with Crippen molar-refractivity contribution in [3.63, 3.8) is 0 Å². The molecular weight excluding hydrogens is 212 g/mol. The van der Waals surface area contributed by atoms with E-state index < -0.39 is 5.60 Å². The fourth-order valence-electron chi connectivity index (χ4n) is 2.07. The number of carbonyl (C=O) groups excluding carboxylic acids is 1. The first-order valence-electron chi connectivity index (χ1n) is 5.76. The second-order valence-corrected chi connectivity index (χ2v) is 4.46. The molecule has 0 aliphatic carbocycles. The van der Waals surface area contributed by atoms with Crippen LogP contribution in [0.2, 0.25) is 0 Å². The summed E-state index contributed by atoms with van der Waals surface area (Å²) >= 11 is 0. The van der Waals surface area contributed by atoms with Crippen molar-refractivity contribution >= 4 is 12.0 Å². The Hall–Kier alpha value is -1.83. The fraction of sp³-hybridized carbons (Fsp3) is 0.267. The number of carbonyl (C=O) groups is 1. The molecule has 1 aliphatic rings. The van der Waals surface area contributed by atoms with Crippen molar-refractivity contribution in [1.82, 2.24) is 0 Å². The normalized spacial score (nSPS) is 26.7. The van der Waals surface area contributed by atoms with Crippen LogP contribution in [0.4, 0.5) is 0 Å². The molecule has 2 nitrogen and oxygen atoms in total. The second-order valence-electron chi connectivity index (χ2n) is 4.46. The van der Waals surface area contributed by atoms with Gasteiger partial charge >= 0.3 is 5.97 Å². The average molecular weight is 228 g/mol. The molecule has 1 atom stereocenters. The number of benzene rings is 1. The number of cyclic esters (lactones) is 1. The van der Waals surface area contributed by atoms with E-state index in [1.54, 1.807) is 0 Å². The van der Waals surface area contributed by atoms with Gasteiger partial charge in [-0.25, -0.2) is 4.79 Å². The first-order chi connectivity index (χ1) is 8.13. The van der Waals surface area contributed by atoms with E-state index in [4.69, 9.17) is 4.74 Å². The van der Waals surface area contributed by atoms with E-state index in [-0.39, 0.29) is 5.97 Å². The second kappa shape index (κ2) is 4.58. The van der Waals surface area contributed by atoms with Crippen LogP contribution in [0.25, 0.3) is 6.08 Å². The van der Waals surface area contributed by atoms with Gasteiger partial charge in [0.1, 0.15) is 5.60 Å². The van der Waals surface area contributed by atoms with Crippen molar-refractivity contribution in [3.8, 4) is 0 Å². The molecular formula is C15H16O2. The van der Waals surface area contributed by atoms with E-state index in [0.717, 1.165) is 11.1 Å². The summed E-state index contributed by atoms with van der Waals surface area (Å²) in [6.45, 7) is 3.86. The van der Waals surface area contributed by atoms with E-state index in [9.17, 15) is 4.79 Å². The zero-order valence-corrected chi connectivity index (χ0v) is 10.1. The van der Waals surface area contributed by atoms with Gasteiger partial charge in [0, 0.05) is 12.0 Å². The zero-order valence-electron chi connectivity index (χ0n) is 10.1. The van der Waals surface area contributed by atoms with Crippen molar-refractivity contribution in [2.75, 3.05) is 0 Å². The van der Waals surface area contributed by atoms with Crippen molar-refractivity contribution < 1.29 is 9.53 Å². The summed E-state index contributed by atoms with van der Waals surface area (Å²) in [5.74, 6) is -0.213. The summed E-state index contributed by atoms with van der Waals surface area (Å²) in [5, 5.41) is 0. The highest BCUT2D eigenvalue weighted by Crippen LogP contribution is 2.32. The molecule has 17 heavy (non-hydrogen) atoms. The first kappa shape index (κ1) is 11.6. The molecule has 0 bridgehead atoms. The minimum absolute atomic E-state index is 0.213. The Balaban J connectivity index is 2.25. The lowest BCUT2D eigenvalue weighted by molar-refractivity contribution is -0.141. The van der Waals surface area contributed by atoms with Crippen LogP contribution in [0.1, 0.15) is 25.8 Å². The smallest absolute Gasteiger partial charge is 0.335 e. The molecule has 2 rings (SSSR count). The van der Waals surface area contributed by atoms with Gasteiger partial charge in [-0.2, -0.15) is 0 Å². The molecule has 1 aromatic carbocycles. The Labute approximate surface area is 102 Å². The van der Waals surface area contributed by atoms with E-state index in [0.29, 0.717) is 6.42 Å². The average Bonchev–Trinajstić information content (AvgIpc) is 2.56. The van der Waals surface area contributed by atoms with E-state index in [2.05, 4.69) is 0 Å². The highest BCUT2D eigenvalue weighted by atomic mass is 16.6. The van der Waals surface area contributed by atoms with Gasteiger partial charge in [-0.15, -0.1) is 0 Å². The maximum atomic E-state index is 11.7. The molecule has 88 valence electrons. The van der Waals surface area contributed by atoms with Crippen molar-refractivity contribution in [2.24, 2.45) is 0 Å². The third-order valence-electron chi connectivity index (χ3n) is 2.79. The van der Waals surface area contributed by atoms with Gasteiger partial charge < -0.3 is 4.74 Å². The molecule has 0 aromatic heterocycles.